The van der Waals surface area contributed by atoms with Crippen molar-refractivity contribution >= 4 is 0 Å². The average Bonchev–Trinajstić information content (AvgIpc) is 3.00. The van der Waals surface area contributed by atoms with Crippen molar-refractivity contribution in [3.63, 3.8) is 0 Å². The Morgan fingerprint density at radius 2 is 1.94 bits per heavy atom. The van der Waals surface area contributed by atoms with Crippen molar-refractivity contribution < 1.29 is 0 Å². The fraction of sp³-hybridized carbons (Fsp3) is 1.00. The maximum absolute atomic E-state index is 3.75. The van der Waals surface area contributed by atoms with Gasteiger partial charge in [-0.1, -0.05) is 20.3 Å². The third-order valence-electron chi connectivity index (χ3n) is 4.20. The van der Waals surface area contributed by atoms with Crippen LogP contribution in [0.4, 0.5) is 0 Å². The molecule has 0 amide bonds. The van der Waals surface area contributed by atoms with Gasteiger partial charge in [0.25, 0.3) is 0 Å². The van der Waals surface area contributed by atoms with Gasteiger partial charge in [0.05, 0.1) is 0 Å². The quantitative estimate of drug-likeness (QED) is 0.715. The normalized spacial score (nSPS) is 30.2. The molecule has 1 N–H and O–H groups in total. The molecule has 94 valence electrons. The van der Waals surface area contributed by atoms with Crippen molar-refractivity contribution in [2.75, 3.05) is 19.6 Å². The zero-order valence-electron chi connectivity index (χ0n) is 11.0. The Morgan fingerprint density at radius 3 is 2.56 bits per heavy atom. The summed E-state index contributed by atoms with van der Waals surface area (Å²) in [5.74, 6) is 1.03. The Bertz CT molecular complexity index is 201. The van der Waals surface area contributed by atoms with Crippen LogP contribution in [0.2, 0.25) is 0 Å². The second kappa shape index (κ2) is 6.02. The second-order valence-corrected chi connectivity index (χ2v) is 5.59. The SMILES string of the molecule is CCCNC1CCCC1N(CC)CC1CC1. The van der Waals surface area contributed by atoms with E-state index >= 15 is 0 Å². The molecule has 16 heavy (non-hydrogen) atoms. The highest BCUT2D eigenvalue weighted by molar-refractivity contribution is 4.92. The molecule has 0 aliphatic heterocycles. The van der Waals surface area contributed by atoms with Gasteiger partial charge in [0.15, 0.2) is 0 Å². The van der Waals surface area contributed by atoms with E-state index in [-0.39, 0.29) is 0 Å². The first-order valence-corrected chi connectivity index (χ1v) is 7.32. The predicted molar refractivity (Wildman–Crippen MR) is 69.7 cm³/mol. The zero-order chi connectivity index (χ0) is 11.4. The Morgan fingerprint density at radius 1 is 1.12 bits per heavy atom. The molecule has 0 spiro atoms. The van der Waals surface area contributed by atoms with Crippen LogP contribution in [0.25, 0.3) is 0 Å². The molecule has 0 aromatic carbocycles. The van der Waals surface area contributed by atoms with Crippen molar-refractivity contribution in [2.24, 2.45) is 5.92 Å². The maximum Gasteiger partial charge on any atom is 0.0249 e. The van der Waals surface area contributed by atoms with Gasteiger partial charge >= 0.3 is 0 Å². The summed E-state index contributed by atoms with van der Waals surface area (Å²) in [4.78, 5) is 2.75. The molecule has 0 radical (unpaired) electrons. The largest absolute Gasteiger partial charge is 0.312 e. The van der Waals surface area contributed by atoms with Gasteiger partial charge in [0.1, 0.15) is 0 Å². The van der Waals surface area contributed by atoms with Crippen molar-refractivity contribution in [2.45, 2.75) is 64.5 Å². The van der Waals surface area contributed by atoms with E-state index in [1.807, 2.05) is 0 Å². The third-order valence-corrected chi connectivity index (χ3v) is 4.20. The summed E-state index contributed by atoms with van der Waals surface area (Å²) >= 11 is 0. The Labute approximate surface area is 101 Å². The summed E-state index contributed by atoms with van der Waals surface area (Å²) < 4.78 is 0. The minimum atomic E-state index is 0.777. The van der Waals surface area contributed by atoms with Crippen LogP contribution in [-0.4, -0.2) is 36.6 Å². The number of rotatable bonds is 7. The topological polar surface area (TPSA) is 15.3 Å². The highest BCUT2D eigenvalue weighted by Crippen LogP contribution is 2.32. The average molecular weight is 224 g/mol. The summed E-state index contributed by atoms with van der Waals surface area (Å²) in [6.45, 7) is 8.40. The molecule has 2 heteroatoms. The molecule has 0 bridgehead atoms. The van der Waals surface area contributed by atoms with Gasteiger partial charge in [-0.15, -0.1) is 0 Å². The first-order chi connectivity index (χ1) is 7.85. The lowest BCUT2D eigenvalue weighted by Gasteiger charge is -2.32. The van der Waals surface area contributed by atoms with Crippen LogP contribution in [-0.2, 0) is 0 Å². The molecule has 2 atom stereocenters. The van der Waals surface area contributed by atoms with Gasteiger partial charge in [0.2, 0.25) is 0 Å². The van der Waals surface area contributed by atoms with Crippen LogP contribution in [0.1, 0.15) is 52.4 Å². The van der Waals surface area contributed by atoms with Crippen molar-refractivity contribution in [3.8, 4) is 0 Å². The monoisotopic (exact) mass is 224 g/mol. The summed E-state index contributed by atoms with van der Waals surface area (Å²) in [7, 11) is 0. The van der Waals surface area contributed by atoms with Gasteiger partial charge in [-0.2, -0.15) is 0 Å². The first kappa shape index (κ1) is 12.4. The van der Waals surface area contributed by atoms with Crippen molar-refractivity contribution in [3.05, 3.63) is 0 Å². The van der Waals surface area contributed by atoms with Crippen LogP contribution in [0.3, 0.4) is 0 Å². The lowest BCUT2D eigenvalue weighted by atomic mass is 10.1. The molecule has 2 aliphatic carbocycles. The summed E-state index contributed by atoms with van der Waals surface area (Å²) in [6, 6.07) is 1.61. The second-order valence-electron chi connectivity index (χ2n) is 5.59. The van der Waals surface area contributed by atoms with E-state index in [0.29, 0.717) is 0 Å². The van der Waals surface area contributed by atoms with Crippen molar-refractivity contribution in [1.82, 2.24) is 10.2 Å². The Kier molecular flexibility index (Phi) is 4.66. The minimum absolute atomic E-state index is 0.777. The highest BCUT2D eigenvalue weighted by Gasteiger charge is 2.33. The standard InChI is InChI=1S/C14H28N2/c1-3-10-15-13-6-5-7-14(13)16(4-2)11-12-8-9-12/h12-15H,3-11H2,1-2H3. The number of hydrogen-bond donors (Lipinski definition) is 1. The van der Waals surface area contributed by atoms with Crippen LogP contribution < -0.4 is 5.32 Å². The lowest BCUT2D eigenvalue weighted by Crippen LogP contribution is -2.47. The van der Waals surface area contributed by atoms with Crippen LogP contribution in [0, 0.1) is 5.92 Å². The predicted octanol–water partition coefficient (Wildman–Crippen LogP) is 2.64. The number of likely N-dealkylation sites (N-methyl/N-ethyl adjacent to an activating group) is 1. The molecule has 2 rings (SSSR count). The van der Waals surface area contributed by atoms with Crippen LogP contribution in [0.15, 0.2) is 0 Å². The van der Waals surface area contributed by atoms with E-state index in [1.54, 1.807) is 0 Å². The maximum atomic E-state index is 3.75. The van der Waals surface area contributed by atoms with E-state index in [1.165, 1.54) is 58.2 Å². The summed E-state index contributed by atoms with van der Waals surface area (Å²) in [5.41, 5.74) is 0. The van der Waals surface area contributed by atoms with Gasteiger partial charge < -0.3 is 5.32 Å². The molecular weight excluding hydrogens is 196 g/mol. The molecule has 2 unspecified atom stereocenters. The van der Waals surface area contributed by atoms with E-state index in [9.17, 15) is 0 Å². The van der Waals surface area contributed by atoms with Gasteiger partial charge in [0, 0.05) is 18.6 Å². The van der Waals surface area contributed by atoms with Crippen LogP contribution >= 0.6 is 0 Å². The van der Waals surface area contributed by atoms with Gasteiger partial charge in [-0.05, 0) is 51.1 Å². The molecule has 2 saturated carbocycles. The fourth-order valence-corrected chi connectivity index (χ4v) is 3.08. The molecule has 0 heterocycles. The minimum Gasteiger partial charge on any atom is -0.312 e. The fourth-order valence-electron chi connectivity index (χ4n) is 3.08. The number of nitrogens with one attached hydrogen (secondary N) is 1. The first-order valence-electron chi connectivity index (χ1n) is 7.32. The Hall–Kier alpha value is -0.0800. The zero-order valence-corrected chi connectivity index (χ0v) is 11.0. The molecule has 0 aromatic heterocycles. The smallest absolute Gasteiger partial charge is 0.0249 e. The van der Waals surface area contributed by atoms with Gasteiger partial charge in [-0.25, -0.2) is 0 Å². The van der Waals surface area contributed by atoms with Crippen molar-refractivity contribution in [1.29, 1.82) is 0 Å². The van der Waals surface area contributed by atoms with E-state index < -0.39 is 0 Å². The van der Waals surface area contributed by atoms with E-state index in [4.69, 9.17) is 0 Å². The van der Waals surface area contributed by atoms with E-state index in [2.05, 4.69) is 24.1 Å². The highest BCUT2D eigenvalue weighted by atomic mass is 15.2. The van der Waals surface area contributed by atoms with E-state index in [0.717, 1.165) is 18.0 Å². The lowest BCUT2D eigenvalue weighted by molar-refractivity contribution is 0.173. The number of nitrogens with zero attached hydrogens (tertiary/aromatic N) is 1. The summed E-state index contributed by atoms with van der Waals surface area (Å²) in [5, 5.41) is 3.75. The molecular formula is C14H28N2. The molecule has 2 fully saturated rings. The third kappa shape index (κ3) is 3.21. The van der Waals surface area contributed by atoms with Crippen LogP contribution in [0.5, 0.6) is 0 Å². The Balaban J connectivity index is 1.83. The van der Waals surface area contributed by atoms with Gasteiger partial charge in [-0.3, -0.25) is 4.90 Å². The molecule has 2 aliphatic rings. The number of hydrogen-bond acceptors (Lipinski definition) is 2. The summed E-state index contributed by atoms with van der Waals surface area (Å²) in [6.07, 6.45) is 8.46. The molecule has 2 nitrogen and oxygen atoms in total. The molecule has 0 saturated heterocycles. The molecule has 0 aromatic rings.